The van der Waals surface area contributed by atoms with Gasteiger partial charge in [0.1, 0.15) is 6.61 Å². The van der Waals surface area contributed by atoms with Crippen molar-refractivity contribution in [3.8, 4) is 0 Å². The van der Waals surface area contributed by atoms with Crippen molar-refractivity contribution in [2.45, 2.75) is 38.0 Å². The number of imidazole rings is 1. The Hall–Kier alpha value is -2.41. The Bertz CT molecular complexity index is 787. The fourth-order valence-electron chi connectivity index (χ4n) is 3.68. The number of ether oxygens (including phenoxy) is 1. The number of amides is 2. The molecule has 25 heavy (non-hydrogen) atoms. The summed E-state index contributed by atoms with van der Waals surface area (Å²) in [7, 11) is 0. The highest BCUT2D eigenvalue weighted by molar-refractivity contribution is 5.79. The van der Waals surface area contributed by atoms with Crippen LogP contribution >= 0.6 is 0 Å². The molecule has 1 aromatic carbocycles. The lowest BCUT2D eigenvalue weighted by molar-refractivity contribution is -0.137. The second kappa shape index (κ2) is 6.84. The van der Waals surface area contributed by atoms with Gasteiger partial charge in [-0.2, -0.15) is 0 Å². The van der Waals surface area contributed by atoms with E-state index in [1.54, 1.807) is 6.33 Å². The van der Waals surface area contributed by atoms with E-state index in [0.717, 1.165) is 23.9 Å². The molecule has 0 bridgehead atoms. The number of benzene rings is 1. The van der Waals surface area contributed by atoms with Crippen LogP contribution in [0.2, 0.25) is 0 Å². The van der Waals surface area contributed by atoms with Gasteiger partial charge in [0, 0.05) is 26.1 Å². The van der Waals surface area contributed by atoms with Crippen molar-refractivity contribution in [1.29, 1.82) is 0 Å². The molecule has 2 atom stereocenters. The number of nitrogens with one attached hydrogen (secondary N) is 1. The molecule has 7 heteroatoms. The smallest absolute Gasteiger partial charge is 0.246 e. The number of fused-ring (bicyclic) bond motifs is 2. The number of nitrogens with zero attached hydrogens (tertiary/aromatic N) is 3. The molecule has 0 spiro atoms. The molecule has 4 rings (SSSR count). The molecule has 2 aromatic rings. The molecule has 2 amide bonds. The summed E-state index contributed by atoms with van der Waals surface area (Å²) in [6.07, 6.45) is 3.77. The summed E-state index contributed by atoms with van der Waals surface area (Å²) in [6.45, 7) is 2.09. The fourth-order valence-corrected chi connectivity index (χ4v) is 3.68. The van der Waals surface area contributed by atoms with Crippen LogP contribution in [0.1, 0.15) is 19.3 Å². The first-order chi connectivity index (χ1) is 12.2. The van der Waals surface area contributed by atoms with E-state index in [9.17, 15) is 9.59 Å². The molecule has 7 nitrogen and oxygen atoms in total. The number of hydrogen-bond donors (Lipinski definition) is 1. The first-order valence-corrected chi connectivity index (χ1v) is 8.79. The summed E-state index contributed by atoms with van der Waals surface area (Å²) in [5.74, 6) is 0.0794. The third-order valence-electron chi connectivity index (χ3n) is 5.06. The summed E-state index contributed by atoms with van der Waals surface area (Å²) in [6, 6.07) is 7.95. The van der Waals surface area contributed by atoms with Crippen molar-refractivity contribution >= 4 is 22.8 Å². The predicted molar refractivity (Wildman–Crippen MR) is 91.8 cm³/mol. The maximum absolute atomic E-state index is 12.6. The minimum atomic E-state index is -0.0620. The quantitative estimate of drug-likeness (QED) is 0.900. The lowest BCUT2D eigenvalue weighted by atomic mass is 10.0. The van der Waals surface area contributed by atoms with E-state index in [2.05, 4.69) is 10.3 Å². The Kier molecular flexibility index (Phi) is 4.40. The zero-order valence-electron chi connectivity index (χ0n) is 14.1. The molecule has 0 aliphatic carbocycles. The Balaban J connectivity index is 1.36. The van der Waals surface area contributed by atoms with Crippen molar-refractivity contribution in [3.63, 3.8) is 0 Å². The number of likely N-dealkylation sites (tertiary alicyclic amines) is 1. The van der Waals surface area contributed by atoms with Gasteiger partial charge in [-0.05, 0) is 25.0 Å². The minimum absolute atomic E-state index is 0.0214. The summed E-state index contributed by atoms with van der Waals surface area (Å²) in [5, 5.41) is 2.98. The molecule has 0 saturated carbocycles. The molecule has 1 N–H and O–H groups in total. The molecular weight excluding hydrogens is 320 g/mol. The molecule has 2 fully saturated rings. The van der Waals surface area contributed by atoms with E-state index in [0.29, 0.717) is 26.1 Å². The van der Waals surface area contributed by atoms with Crippen molar-refractivity contribution in [2.24, 2.45) is 0 Å². The predicted octanol–water partition coefficient (Wildman–Crippen LogP) is 0.932. The van der Waals surface area contributed by atoms with Gasteiger partial charge in [0.2, 0.25) is 11.8 Å². The lowest BCUT2D eigenvalue weighted by Crippen LogP contribution is -2.51. The first-order valence-electron chi connectivity index (χ1n) is 8.79. The Morgan fingerprint density at radius 3 is 3.04 bits per heavy atom. The fraction of sp³-hybridized carbons (Fsp3) is 0.500. The molecule has 2 aliphatic heterocycles. The van der Waals surface area contributed by atoms with Gasteiger partial charge < -0.3 is 19.5 Å². The van der Waals surface area contributed by atoms with Crippen LogP contribution < -0.4 is 5.32 Å². The van der Waals surface area contributed by atoms with Gasteiger partial charge in [-0.1, -0.05) is 12.1 Å². The highest BCUT2D eigenvalue weighted by Crippen LogP contribution is 2.19. The molecule has 1 aromatic heterocycles. The van der Waals surface area contributed by atoms with Gasteiger partial charge >= 0.3 is 0 Å². The average Bonchev–Trinajstić information content (AvgIpc) is 2.92. The van der Waals surface area contributed by atoms with Crippen LogP contribution in [0.15, 0.2) is 30.6 Å². The van der Waals surface area contributed by atoms with E-state index in [-0.39, 0.29) is 30.6 Å². The van der Waals surface area contributed by atoms with Crippen molar-refractivity contribution in [1.82, 2.24) is 19.8 Å². The maximum Gasteiger partial charge on any atom is 0.246 e. The lowest BCUT2D eigenvalue weighted by Gasteiger charge is -2.30. The van der Waals surface area contributed by atoms with E-state index in [1.165, 1.54) is 0 Å². The molecule has 2 saturated heterocycles. The van der Waals surface area contributed by atoms with Gasteiger partial charge in [-0.15, -0.1) is 0 Å². The largest absolute Gasteiger partial charge is 0.366 e. The second-order valence-electron chi connectivity index (χ2n) is 6.66. The van der Waals surface area contributed by atoms with Crippen LogP contribution in [-0.2, 0) is 20.9 Å². The van der Waals surface area contributed by atoms with E-state index >= 15 is 0 Å². The average molecular weight is 342 g/mol. The number of carbonyl (C=O) groups is 2. The molecular formula is C18H22N4O3. The van der Waals surface area contributed by atoms with Crippen LogP contribution in [0, 0.1) is 0 Å². The second-order valence-corrected chi connectivity index (χ2v) is 6.66. The summed E-state index contributed by atoms with van der Waals surface area (Å²) < 4.78 is 7.63. The highest BCUT2D eigenvalue weighted by atomic mass is 16.5. The summed E-state index contributed by atoms with van der Waals surface area (Å²) in [4.78, 5) is 30.3. The minimum Gasteiger partial charge on any atom is -0.366 e. The van der Waals surface area contributed by atoms with Crippen LogP contribution in [0.5, 0.6) is 0 Å². The van der Waals surface area contributed by atoms with Crippen LogP contribution in [0.4, 0.5) is 0 Å². The Labute approximate surface area is 146 Å². The Morgan fingerprint density at radius 1 is 1.28 bits per heavy atom. The SMILES string of the molecule is O=C1CO[C@H]2CCN(C(=O)CCn3cnc4ccccc43)CC[C@@H]2N1. The number of rotatable bonds is 3. The zero-order valence-corrected chi connectivity index (χ0v) is 14.1. The van der Waals surface area contributed by atoms with Gasteiger partial charge in [-0.3, -0.25) is 9.59 Å². The van der Waals surface area contributed by atoms with E-state index < -0.39 is 0 Å². The van der Waals surface area contributed by atoms with Gasteiger partial charge in [-0.25, -0.2) is 4.98 Å². The number of para-hydroxylation sites is 2. The number of aromatic nitrogens is 2. The summed E-state index contributed by atoms with van der Waals surface area (Å²) >= 11 is 0. The monoisotopic (exact) mass is 342 g/mol. The molecule has 3 heterocycles. The van der Waals surface area contributed by atoms with E-state index in [4.69, 9.17) is 4.74 Å². The molecule has 0 unspecified atom stereocenters. The van der Waals surface area contributed by atoms with Crippen molar-refractivity contribution in [3.05, 3.63) is 30.6 Å². The standard InChI is InChI=1S/C18H22N4O3/c23-17-11-25-16-6-9-21(8-5-14(16)20-17)18(24)7-10-22-12-19-13-3-1-2-4-15(13)22/h1-4,12,14,16H,5-11H2,(H,20,23)/t14-,16-/m0/s1. The zero-order chi connectivity index (χ0) is 17.2. The van der Waals surface area contributed by atoms with Gasteiger partial charge in [0.15, 0.2) is 0 Å². The normalized spacial score (nSPS) is 23.8. The van der Waals surface area contributed by atoms with Crippen LogP contribution in [-0.4, -0.2) is 58.1 Å². The topological polar surface area (TPSA) is 76.5 Å². The van der Waals surface area contributed by atoms with Crippen molar-refractivity contribution < 1.29 is 14.3 Å². The Morgan fingerprint density at radius 2 is 2.12 bits per heavy atom. The molecule has 2 aliphatic rings. The van der Waals surface area contributed by atoms with Crippen LogP contribution in [0.25, 0.3) is 11.0 Å². The van der Waals surface area contributed by atoms with Gasteiger partial charge in [0.25, 0.3) is 0 Å². The number of aryl methyl sites for hydroxylation is 1. The molecule has 0 radical (unpaired) electrons. The van der Waals surface area contributed by atoms with E-state index in [1.807, 2.05) is 33.7 Å². The molecule has 132 valence electrons. The van der Waals surface area contributed by atoms with Gasteiger partial charge in [0.05, 0.1) is 29.5 Å². The first kappa shape index (κ1) is 16.1. The summed E-state index contributed by atoms with van der Waals surface area (Å²) in [5.41, 5.74) is 2.00. The third-order valence-corrected chi connectivity index (χ3v) is 5.06. The number of morpholine rings is 1. The number of hydrogen-bond acceptors (Lipinski definition) is 4. The van der Waals surface area contributed by atoms with Crippen LogP contribution in [0.3, 0.4) is 0 Å². The number of carbonyl (C=O) groups excluding carboxylic acids is 2. The highest BCUT2D eigenvalue weighted by Gasteiger charge is 2.33. The third kappa shape index (κ3) is 3.37. The maximum atomic E-state index is 12.6. The van der Waals surface area contributed by atoms with Crippen molar-refractivity contribution in [2.75, 3.05) is 19.7 Å².